The average Bonchev–Trinajstić information content (AvgIpc) is 2.29. The van der Waals surface area contributed by atoms with Gasteiger partial charge in [-0.25, -0.2) is 4.98 Å². The van der Waals surface area contributed by atoms with Crippen LogP contribution < -0.4 is 5.32 Å². The maximum absolute atomic E-state index is 11.8. The minimum atomic E-state index is -0.282. The van der Waals surface area contributed by atoms with Gasteiger partial charge in [-0.15, -0.1) is 0 Å². The summed E-state index contributed by atoms with van der Waals surface area (Å²) < 4.78 is 5.04. The van der Waals surface area contributed by atoms with Gasteiger partial charge in [0.05, 0.1) is 25.0 Å². The summed E-state index contributed by atoms with van der Waals surface area (Å²) >= 11 is 5.67. The van der Waals surface area contributed by atoms with Gasteiger partial charge in [-0.2, -0.15) is 0 Å². The van der Waals surface area contributed by atoms with E-state index in [2.05, 4.69) is 15.3 Å². The first kappa shape index (κ1) is 13.9. The molecule has 1 amide bonds. The predicted octanol–water partition coefficient (Wildman–Crippen LogP) is 1.67. The van der Waals surface area contributed by atoms with Crippen LogP contribution in [0.1, 0.15) is 30.3 Å². The summed E-state index contributed by atoms with van der Waals surface area (Å²) in [5, 5.41) is 3.04. The molecule has 0 bridgehead atoms. The number of hydrogen-bond donors (Lipinski definition) is 1. The molecule has 6 heteroatoms. The second-order valence-electron chi connectivity index (χ2n) is 3.64. The summed E-state index contributed by atoms with van der Waals surface area (Å²) in [5.41, 5.74) is 0.217. The molecular weight excluding hydrogens is 242 g/mol. The zero-order valence-corrected chi connectivity index (χ0v) is 10.7. The van der Waals surface area contributed by atoms with Crippen molar-refractivity contribution in [1.29, 1.82) is 0 Å². The Morgan fingerprint density at radius 1 is 1.59 bits per heavy atom. The van der Waals surface area contributed by atoms with Gasteiger partial charge in [0, 0.05) is 7.11 Å². The van der Waals surface area contributed by atoms with Crippen molar-refractivity contribution >= 4 is 17.5 Å². The van der Waals surface area contributed by atoms with Crippen LogP contribution in [0.2, 0.25) is 5.15 Å². The third kappa shape index (κ3) is 4.66. The van der Waals surface area contributed by atoms with Crippen molar-refractivity contribution in [2.45, 2.75) is 25.8 Å². The van der Waals surface area contributed by atoms with E-state index in [0.717, 1.165) is 12.8 Å². The molecule has 0 aliphatic carbocycles. The van der Waals surface area contributed by atoms with Crippen LogP contribution in [0.25, 0.3) is 0 Å². The van der Waals surface area contributed by atoms with Crippen LogP contribution in [0.15, 0.2) is 12.4 Å². The third-order valence-electron chi connectivity index (χ3n) is 2.18. The molecule has 0 saturated carbocycles. The van der Waals surface area contributed by atoms with Crippen LogP contribution in [-0.2, 0) is 4.74 Å². The standard InChI is InChI=1S/C11H16ClN3O2/c1-3-4-8(7-17-2)14-11(16)9-5-13-6-10(12)15-9/h5-6,8H,3-4,7H2,1-2H3,(H,14,16). The maximum atomic E-state index is 11.8. The Morgan fingerprint density at radius 2 is 2.35 bits per heavy atom. The maximum Gasteiger partial charge on any atom is 0.271 e. The molecule has 0 radical (unpaired) electrons. The summed E-state index contributed by atoms with van der Waals surface area (Å²) in [4.78, 5) is 19.5. The van der Waals surface area contributed by atoms with Crippen molar-refractivity contribution < 1.29 is 9.53 Å². The van der Waals surface area contributed by atoms with Gasteiger partial charge in [-0.05, 0) is 6.42 Å². The number of amides is 1. The smallest absolute Gasteiger partial charge is 0.271 e. The Balaban J connectivity index is 2.63. The molecule has 1 unspecified atom stereocenters. The van der Waals surface area contributed by atoms with E-state index in [9.17, 15) is 4.79 Å². The molecule has 94 valence electrons. The predicted molar refractivity (Wildman–Crippen MR) is 65.1 cm³/mol. The van der Waals surface area contributed by atoms with Gasteiger partial charge in [0.2, 0.25) is 0 Å². The lowest BCUT2D eigenvalue weighted by Gasteiger charge is -2.16. The normalized spacial score (nSPS) is 12.2. The molecule has 1 atom stereocenters. The quantitative estimate of drug-likeness (QED) is 0.842. The second kappa shape index (κ2) is 7.19. The van der Waals surface area contributed by atoms with E-state index in [-0.39, 0.29) is 22.8 Å². The van der Waals surface area contributed by atoms with Crippen molar-refractivity contribution in [2.75, 3.05) is 13.7 Å². The summed E-state index contributed by atoms with van der Waals surface area (Å²) in [7, 11) is 1.61. The number of rotatable bonds is 6. The highest BCUT2D eigenvalue weighted by Crippen LogP contribution is 2.04. The topological polar surface area (TPSA) is 64.1 Å². The SMILES string of the molecule is CCCC(COC)NC(=O)c1cncc(Cl)n1. The molecule has 1 rings (SSSR count). The number of methoxy groups -OCH3 is 1. The fourth-order valence-electron chi connectivity index (χ4n) is 1.46. The van der Waals surface area contributed by atoms with Crippen LogP contribution in [-0.4, -0.2) is 35.6 Å². The van der Waals surface area contributed by atoms with E-state index in [0.29, 0.717) is 6.61 Å². The van der Waals surface area contributed by atoms with Crippen LogP contribution in [0.5, 0.6) is 0 Å². The highest BCUT2D eigenvalue weighted by Gasteiger charge is 2.14. The minimum absolute atomic E-state index is 0.0155. The summed E-state index contributed by atoms with van der Waals surface area (Å²) in [6, 6.07) is -0.0155. The zero-order valence-electron chi connectivity index (χ0n) is 9.94. The fourth-order valence-corrected chi connectivity index (χ4v) is 1.61. The number of ether oxygens (including phenoxy) is 1. The minimum Gasteiger partial charge on any atom is -0.383 e. The highest BCUT2D eigenvalue weighted by atomic mass is 35.5. The number of nitrogens with zero attached hydrogens (tertiary/aromatic N) is 2. The number of carbonyl (C=O) groups is 1. The summed E-state index contributed by atoms with van der Waals surface area (Å²) in [5.74, 6) is -0.282. The first-order valence-electron chi connectivity index (χ1n) is 5.44. The van der Waals surface area contributed by atoms with Crippen molar-refractivity contribution in [3.8, 4) is 0 Å². The second-order valence-corrected chi connectivity index (χ2v) is 4.03. The van der Waals surface area contributed by atoms with Gasteiger partial charge in [0.1, 0.15) is 10.8 Å². The molecule has 0 aliphatic heterocycles. The lowest BCUT2D eigenvalue weighted by atomic mass is 10.2. The Morgan fingerprint density at radius 3 is 2.94 bits per heavy atom. The Kier molecular flexibility index (Phi) is 5.86. The van der Waals surface area contributed by atoms with Crippen molar-refractivity contribution in [2.24, 2.45) is 0 Å². The van der Waals surface area contributed by atoms with E-state index >= 15 is 0 Å². The van der Waals surface area contributed by atoms with Crippen molar-refractivity contribution in [1.82, 2.24) is 15.3 Å². The van der Waals surface area contributed by atoms with Gasteiger partial charge >= 0.3 is 0 Å². The molecular formula is C11H16ClN3O2. The number of carbonyl (C=O) groups excluding carboxylic acids is 1. The summed E-state index contributed by atoms with van der Waals surface area (Å²) in [6.07, 6.45) is 4.59. The molecule has 1 N–H and O–H groups in total. The Labute approximate surface area is 106 Å². The lowest BCUT2D eigenvalue weighted by molar-refractivity contribution is 0.0886. The van der Waals surface area contributed by atoms with E-state index in [4.69, 9.17) is 16.3 Å². The fraction of sp³-hybridized carbons (Fsp3) is 0.545. The van der Waals surface area contributed by atoms with Gasteiger partial charge in [-0.1, -0.05) is 24.9 Å². The first-order chi connectivity index (χ1) is 8.17. The van der Waals surface area contributed by atoms with Gasteiger partial charge in [-0.3, -0.25) is 9.78 Å². The lowest BCUT2D eigenvalue weighted by Crippen LogP contribution is -2.38. The largest absolute Gasteiger partial charge is 0.383 e. The number of halogens is 1. The molecule has 1 aromatic rings. The number of nitrogens with one attached hydrogen (secondary N) is 1. The molecule has 0 aliphatic rings. The van der Waals surface area contributed by atoms with Crippen molar-refractivity contribution in [3.05, 3.63) is 23.2 Å². The Hall–Kier alpha value is -1.20. The molecule has 0 fully saturated rings. The van der Waals surface area contributed by atoms with E-state index in [1.165, 1.54) is 12.4 Å². The third-order valence-corrected chi connectivity index (χ3v) is 2.36. The molecule has 0 spiro atoms. The van der Waals surface area contributed by atoms with E-state index < -0.39 is 0 Å². The molecule has 0 saturated heterocycles. The van der Waals surface area contributed by atoms with E-state index in [1.54, 1.807) is 7.11 Å². The van der Waals surface area contributed by atoms with Crippen molar-refractivity contribution in [3.63, 3.8) is 0 Å². The highest BCUT2D eigenvalue weighted by molar-refractivity contribution is 6.29. The summed E-state index contributed by atoms with van der Waals surface area (Å²) in [6.45, 7) is 2.53. The van der Waals surface area contributed by atoms with Gasteiger partial charge in [0.25, 0.3) is 5.91 Å². The van der Waals surface area contributed by atoms with Gasteiger partial charge in [0.15, 0.2) is 0 Å². The average molecular weight is 258 g/mol. The molecule has 1 heterocycles. The van der Waals surface area contributed by atoms with Crippen LogP contribution >= 0.6 is 11.6 Å². The Bertz CT molecular complexity index is 367. The number of aromatic nitrogens is 2. The molecule has 17 heavy (non-hydrogen) atoms. The molecule has 0 aromatic carbocycles. The van der Waals surface area contributed by atoms with Crippen LogP contribution in [0.4, 0.5) is 0 Å². The van der Waals surface area contributed by atoms with E-state index in [1.807, 2.05) is 6.92 Å². The monoisotopic (exact) mass is 257 g/mol. The zero-order chi connectivity index (χ0) is 12.7. The van der Waals surface area contributed by atoms with Gasteiger partial charge < -0.3 is 10.1 Å². The first-order valence-corrected chi connectivity index (χ1v) is 5.82. The molecule has 1 aromatic heterocycles. The molecule has 5 nitrogen and oxygen atoms in total. The van der Waals surface area contributed by atoms with Crippen LogP contribution in [0.3, 0.4) is 0 Å². The van der Waals surface area contributed by atoms with Crippen LogP contribution in [0, 0.1) is 0 Å². The number of hydrogen-bond acceptors (Lipinski definition) is 4.